The SMILES string of the molecule is c1ccc(N(c2ccc(C3(c4ccccc4)c4ccccc4-c4ccccc43)cc2)c2ccc3oc4c(ccc5ccc6ccccc6c54)c3c2)cc1. The first-order valence-electron chi connectivity index (χ1n) is 18.3. The Hall–Kier alpha value is -6.90. The van der Waals surface area contributed by atoms with Crippen molar-refractivity contribution >= 4 is 60.5 Å². The quantitative estimate of drug-likeness (QED) is 0.169. The average molecular weight is 676 g/mol. The van der Waals surface area contributed by atoms with E-state index in [0.29, 0.717) is 0 Å². The maximum Gasteiger partial charge on any atom is 0.143 e. The molecule has 0 radical (unpaired) electrons. The third-order valence-corrected chi connectivity index (χ3v) is 11.3. The fourth-order valence-electron chi connectivity index (χ4n) is 9.05. The van der Waals surface area contributed by atoms with Gasteiger partial charge in [-0.15, -0.1) is 0 Å². The summed E-state index contributed by atoms with van der Waals surface area (Å²) in [6.45, 7) is 0. The molecule has 9 aromatic carbocycles. The van der Waals surface area contributed by atoms with Crippen LogP contribution < -0.4 is 4.90 Å². The van der Waals surface area contributed by atoms with Crippen LogP contribution in [0.1, 0.15) is 22.3 Å². The molecule has 2 nitrogen and oxygen atoms in total. The highest BCUT2D eigenvalue weighted by Gasteiger charge is 2.45. The van der Waals surface area contributed by atoms with Crippen molar-refractivity contribution in [3.05, 3.63) is 222 Å². The molecule has 248 valence electrons. The number of fused-ring (bicyclic) bond motifs is 10. The second-order valence-corrected chi connectivity index (χ2v) is 14.0. The Morgan fingerprint density at radius 3 is 1.70 bits per heavy atom. The van der Waals surface area contributed by atoms with Crippen LogP contribution >= 0.6 is 0 Å². The van der Waals surface area contributed by atoms with Crippen LogP contribution in [-0.4, -0.2) is 0 Å². The molecule has 0 bridgehead atoms. The zero-order chi connectivity index (χ0) is 34.9. The Bertz CT molecular complexity index is 2950. The lowest BCUT2D eigenvalue weighted by molar-refractivity contribution is 0.673. The van der Waals surface area contributed by atoms with Crippen molar-refractivity contribution in [3.63, 3.8) is 0 Å². The van der Waals surface area contributed by atoms with E-state index in [0.717, 1.165) is 44.4 Å². The summed E-state index contributed by atoms with van der Waals surface area (Å²) in [5.41, 5.74) is 12.4. The number of hydrogen-bond donors (Lipinski definition) is 0. The standard InChI is InChI=1S/C51H33NO/c1-3-14-36(15-4-1)51(46-21-11-9-19-42(46)43-20-10-12-22-47(43)51)37-26-28-39(29-27-37)52(38-16-5-2-6-17-38)40-30-32-48-45(33-40)44-31-25-35-24-23-34-13-7-8-18-41(34)49(35)50(44)53-48/h1-33H. The van der Waals surface area contributed by atoms with E-state index in [4.69, 9.17) is 4.42 Å². The van der Waals surface area contributed by atoms with Crippen molar-refractivity contribution in [1.29, 1.82) is 0 Å². The van der Waals surface area contributed by atoms with E-state index < -0.39 is 5.41 Å². The van der Waals surface area contributed by atoms with Gasteiger partial charge >= 0.3 is 0 Å². The van der Waals surface area contributed by atoms with Gasteiger partial charge in [0.25, 0.3) is 0 Å². The van der Waals surface area contributed by atoms with E-state index >= 15 is 0 Å². The molecule has 0 fully saturated rings. The number of hydrogen-bond acceptors (Lipinski definition) is 2. The summed E-state index contributed by atoms with van der Waals surface area (Å²) in [5, 5.41) is 7.00. The molecule has 0 amide bonds. The molecular weight excluding hydrogens is 643 g/mol. The predicted molar refractivity (Wildman–Crippen MR) is 221 cm³/mol. The number of anilines is 3. The van der Waals surface area contributed by atoms with Crippen molar-refractivity contribution in [2.75, 3.05) is 4.90 Å². The Morgan fingerprint density at radius 1 is 0.377 bits per heavy atom. The van der Waals surface area contributed by atoms with Gasteiger partial charge in [-0.25, -0.2) is 0 Å². The van der Waals surface area contributed by atoms with Crippen molar-refractivity contribution in [2.45, 2.75) is 5.41 Å². The molecule has 0 saturated heterocycles. The number of nitrogens with zero attached hydrogens (tertiary/aromatic N) is 1. The van der Waals surface area contributed by atoms with Gasteiger partial charge in [-0.3, -0.25) is 0 Å². The fraction of sp³-hybridized carbons (Fsp3) is 0.0196. The largest absolute Gasteiger partial charge is 0.455 e. The molecule has 2 heteroatoms. The van der Waals surface area contributed by atoms with Gasteiger partial charge in [0.1, 0.15) is 11.2 Å². The smallest absolute Gasteiger partial charge is 0.143 e. The zero-order valence-electron chi connectivity index (χ0n) is 28.9. The second kappa shape index (κ2) is 11.6. The van der Waals surface area contributed by atoms with E-state index in [1.807, 2.05) is 0 Å². The van der Waals surface area contributed by atoms with Gasteiger partial charge < -0.3 is 9.32 Å². The van der Waals surface area contributed by atoms with Crippen LogP contribution in [0.15, 0.2) is 205 Å². The molecule has 0 spiro atoms. The van der Waals surface area contributed by atoms with E-state index in [-0.39, 0.29) is 0 Å². The van der Waals surface area contributed by atoms with E-state index in [1.165, 1.54) is 49.5 Å². The molecule has 11 rings (SSSR count). The van der Waals surface area contributed by atoms with Gasteiger partial charge in [-0.2, -0.15) is 0 Å². The topological polar surface area (TPSA) is 16.4 Å². The minimum Gasteiger partial charge on any atom is -0.455 e. The summed E-state index contributed by atoms with van der Waals surface area (Å²) < 4.78 is 6.68. The highest BCUT2D eigenvalue weighted by atomic mass is 16.3. The molecule has 1 heterocycles. The van der Waals surface area contributed by atoms with Crippen molar-refractivity contribution < 1.29 is 4.42 Å². The van der Waals surface area contributed by atoms with Crippen LogP contribution in [0.4, 0.5) is 17.1 Å². The maximum absolute atomic E-state index is 6.68. The predicted octanol–water partition coefficient (Wildman–Crippen LogP) is 13.7. The zero-order valence-corrected chi connectivity index (χ0v) is 28.9. The Morgan fingerprint density at radius 2 is 0.943 bits per heavy atom. The third-order valence-electron chi connectivity index (χ3n) is 11.3. The van der Waals surface area contributed by atoms with Crippen molar-refractivity contribution in [3.8, 4) is 11.1 Å². The Balaban J connectivity index is 1.10. The highest BCUT2D eigenvalue weighted by molar-refractivity contribution is 6.23. The first-order chi connectivity index (χ1) is 26.3. The normalized spacial score (nSPS) is 13.1. The molecule has 0 unspecified atom stereocenters. The van der Waals surface area contributed by atoms with E-state index in [2.05, 4.69) is 205 Å². The van der Waals surface area contributed by atoms with Gasteiger partial charge in [0, 0.05) is 33.2 Å². The Kier molecular flexibility index (Phi) is 6.50. The molecule has 0 aliphatic heterocycles. The van der Waals surface area contributed by atoms with Gasteiger partial charge in [-0.1, -0.05) is 152 Å². The van der Waals surface area contributed by atoms with Crippen molar-refractivity contribution in [1.82, 2.24) is 0 Å². The minimum atomic E-state index is -0.438. The average Bonchev–Trinajstić information content (AvgIpc) is 3.76. The summed E-state index contributed by atoms with van der Waals surface area (Å²) >= 11 is 0. The van der Waals surface area contributed by atoms with Crippen LogP contribution in [0.3, 0.4) is 0 Å². The van der Waals surface area contributed by atoms with Gasteiger partial charge in [0.2, 0.25) is 0 Å². The van der Waals surface area contributed by atoms with Gasteiger partial charge in [0.15, 0.2) is 0 Å². The molecule has 1 aromatic heterocycles. The Labute approximate surface area is 307 Å². The highest BCUT2D eigenvalue weighted by Crippen LogP contribution is 2.56. The molecule has 53 heavy (non-hydrogen) atoms. The van der Waals surface area contributed by atoms with E-state index in [1.54, 1.807) is 0 Å². The van der Waals surface area contributed by atoms with Crippen molar-refractivity contribution in [2.24, 2.45) is 0 Å². The number of benzene rings is 9. The maximum atomic E-state index is 6.68. The minimum absolute atomic E-state index is 0.438. The first-order valence-corrected chi connectivity index (χ1v) is 18.3. The van der Waals surface area contributed by atoms with E-state index in [9.17, 15) is 0 Å². The lowest BCUT2D eigenvalue weighted by atomic mass is 9.68. The lowest BCUT2D eigenvalue weighted by Crippen LogP contribution is -2.28. The lowest BCUT2D eigenvalue weighted by Gasteiger charge is -2.34. The number of para-hydroxylation sites is 1. The summed E-state index contributed by atoms with van der Waals surface area (Å²) in [5.74, 6) is 0. The summed E-state index contributed by atoms with van der Waals surface area (Å²) in [6, 6.07) is 72.7. The molecule has 1 aliphatic carbocycles. The van der Waals surface area contributed by atoms with Crippen LogP contribution in [-0.2, 0) is 5.41 Å². The van der Waals surface area contributed by atoms with Crippen LogP contribution in [0.5, 0.6) is 0 Å². The summed E-state index contributed by atoms with van der Waals surface area (Å²) in [7, 11) is 0. The van der Waals surface area contributed by atoms with Gasteiger partial charge in [-0.05, 0) is 98.1 Å². The molecule has 1 aliphatic rings. The second-order valence-electron chi connectivity index (χ2n) is 14.0. The summed E-state index contributed by atoms with van der Waals surface area (Å²) in [6.07, 6.45) is 0. The number of rotatable bonds is 5. The monoisotopic (exact) mass is 675 g/mol. The van der Waals surface area contributed by atoms with Crippen LogP contribution in [0, 0.1) is 0 Å². The fourth-order valence-corrected chi connectivity index (χ4v) is 9.05. The third kappa shape index (κ3) is 4.33. The molecule has 0 N–H and O–H groups in total. The van der Waals surface area contributed by atoms with Crippen LogP contribution in [0.2, 0.25) is 0 Å². The molecular formula is C51H33NO. The first kappa shape index (κ1) is 29.8. The van der Waals surface area contributed by atoms with Crippen LogP contribution in [0.25, 0.3) is 54.6 Å². The summed E-state index contributed by atoms with van der Waals surface area (Å²) in [4.78, 5) is 2.35. The molecule has 0 atom stereocenters. The molecule has 0 saturated carbocycles. The molecule has 10 aromatic rings. The van der Waals surface area contributed by atoms with Gasteiger partial charge in [0.05, 0.1) is 5.41 Å². The number of furan rings is 1.